The standard InChI is InChI=1S/C7H8O2.K/c8-9-6-7-4-2-1-3-5-7;/h1-5,8H,6H2;/q;+1/p-1. The first-order valence-electron chi connectivity index (χ1n) is 2.72. The minimum absolute atomic E-state index is 0. The summed E-state index contributed by atoms with van der Waals surface area (Å²) in [5.41, 5.74) is 0.910. The van der Waals surface area contributed by atoms with Crippen molar-refractivity contribution in [2.75, 3.05) is 0 Å². The van der Waals surface area contributed by atoms with E-state index >= 15 is 0 Å². The third kappa shape index (κ3) is 3.83. The van der Waals surface area contributed by atoms with Gasteiger partial charge in [-0.05, 0) is 5.56 Å². The molecule has 0 aromatic heterocycles. The summed E-state index contributed by atoms with van der Waals surface area (Å²) in [6.45, 7) is 0.154. The van der Waals surface area contributed by atoms with Crippen LogP contribution in [0.15, 0.2) is 30.3 Å². The molecule has 0 bridgehead atoms. The van der Waals surface area contributed by atoms with E-state index in [2.05, 4.69) is 4.89 Å². The smallest absolute Gasteiger partial charge is 0.723 e. The zero-order valence-corrected chi connectivity index (χ0v) is 9.03. The third-order valence-corrected chi connectivity index (χ3v) is 1.07. The molecule has 1 rings (SSSR count). The van der Waals surface area contributed by atoms with Gasteiger partial charge in [0.25, 0.3) is 0 Å². The van der Waals surface area contributed by atoms with Crippen molar-refractivity contribution in [3.63, 3.8) is 0 Å². The maximum Gasteiger partial charge on any atom is 1.00 e. The monoisotopic (exact) mass is 162 g/mol. The first-order valence-corrected chi connectivity index (χ1v) is 2.72. The van der Waals surface area contributed by atoms with Crippen LogP contribution in [-0.4, -0.2) is 0 Å². The molecule has 0 amide bonds. The molecule has 10 heavy (non-hydrogen) atoms. The van der Waals surface area contributed by atoms with Gasteiger partial charge in [-0.3, -0.25) is 0 Å². The largest absolute Gasteiger partial charge is 1.00 e. The van der Waals surface area contributed by atoms with Crippen LogP contribution in [0.25, 0.3) is 0 Å². The molecule has 3 heteroatoms. The molecule has 1 aromatic rings. The molecule has 1 aromatic carbocycles. The summed E-state index contributed by atoms with van der Waals surface area (Å²) in [6.07, 6.45) is 0. The molecule has 0 unspecified atom stereocenters. The molecule has 0 aliphatic heterocycles. The van der Waals surface area contributed by atoms with Gasteiger partial charge in [-0.15, -0.1) is 0 Å². The van der Waals surface area contributed by atoms with Crippen molar-refractivity contribution < 1.29 is 61.5 Å². The molecule has 0 radical (unpaired) electrons. The Morgan fingerprint density at radius 2 is 1.80 bits per heavy atom. The minimum atomic E-state index is 0. The molecule has 0 aliphatic rings. The second kappa shape index (κ2) is 6.48. The van der Waals surface area contributed by atoms with Gasteiger partial charge in [0.1, 0.15) is 0 Å². The maximum atomic E-state index is 9.60. The van der Waals surface area contributed by atoms with Gasteiger partial charge in [-0.25, -0.2) is 0 Å². The number of rotatable bonds is 2. The summed E-state index contributed by atoms with van der Waals surface area (Å²) in [4.78, 5) is 3.68. The summed E-state index contributed by atoms with van der Waals surface area (Å²) in [6, 6.07) is 9.33. The average Bonchev–Trinajstić information content (AvgIpc) is 1.91. The van der Waals surface area contributed by atoms with Gasteiger partial charge in [-0.2, -0.15) is 0 Å². The Bertz CT molecular complexity index is 165. The van der Waals surface area contributed by atoms with Crippen molar-refractivity contribution in [1.82, 2.24) is 0 Å². The molecule has 0 heterocycles. The van der Waals surface area contributed by atoms with E-state index in [1.54, 1.807) is 0 Å². The number of hydrogen-bond donors (Lipinski definition) is 0. The fourth-order valence-electron chi connectivity index (χ4n) is 0.642. The molecule has 0 saturated heterocycles. The Balaban J connectivity index is 0.000000810. The van der Waals surface area contributed by atoms with E-state index in [9.17, 15) is 5.26 Å². The molecule has 48 valence electrons. The molecular formula is C7H7KO2. The van der Waals surface area contributed by atoms with Crippen LogP contribution in [0, 0.1) is 0 Å². The predicted molar refractivity (Wildman–Crippen MR) is 31.2 cm³/mol. The number of hydrogen-bond acceptors (Lipinski definition) is 2. The Labute approximate surface area is 103 Å². The fraction of sp³-hybridized carbons (Fsp3) is 0.143. The topological polar surface area (TPSA) is 32.3 Å². The molecule has 0 spiro atoms. The first-order chi connectivity index (χ1) is 4.43. The van der Waals surface area contributed by atoms with E-state index in [1.165, 1.54) is 0 Å². The van der Waals surface area contributed by atoms with Crippen LogP contribution in [0.1, 0.15) is 5.56 Å². The fourth-order valence-corrected chi connectivity index (χ4v) is 0.642. The first kappa shape index (κ1) is 10.8. The Morgan fingerprint density at radius 3 is 2.30 bits per heavy atom. The van der Waals surface area contributed by atoms with Crippen molar-refractivity contribution in [3.8, 4) is 0 Å². The zero-order chi connectivity index (χ0) is 6.53. The second-order valence-corrected chi connectivity index (χ2v) is 1.75. The Morgan fingerprint density at radius 1 is 1.20 bits per heavy atom. The van der Waals surface area contributed by atoms with E-state index in [4.69, 9.17) is 0 Å². The van der Waals surface area contributed by atoms with Crippen molar-refractivity contribution in [1.29, 1.82) is 0 Å². The van der Waals surface area contributed by atoms with E-state index < -0.39 is 0 Å². The van der Waals surface area contributed by atoms with Crippen LogP contribution in [0.4, 0.5) is 0 Å². The van der Waals surface area contributed by atoms with E-state index in [0.717, 1.165) is 5.56 Å². The predicted octanol–water partition coefficient (Wildman–Crippen LogP) is -2.52. The van der Waals surface area contributed by atoms with Gasteiger partial charge in [0.2, 0.25) is 0 Å². The summed E-state index contributed by atoms with van der Waals surface area (Å²) < 4.78 is 0. The summed E-state index contributed by atoms with van der Waals surface area (Å²) >= 11 is 0. The van der Waals surface area contributed by atoms with Crippen LogP contribution in [-0.2, 0) is 11.5 Å². The summed E-state index contributed by atoms with van der Waals surface area (Å²) in [7, 11) is 0. The minimum Gasteiger partial charge on any atom is -0.723 e. The van der Waals surface area contributed by atoms with E-state index in [1.807, 2.05) is 30.3 Å². The van der Waals surface area contributed by atoms with Gasteiger partial charge >= 0.3 is 51.4 Å². The summed E-state index contributed by atoms with van der Waals surface area (Å²) in [5.74, 6) is 0. The molecule has 2 nitrogen and oxygen atoms in total. The molecule has 0 saturated carbocycles. The molecule has 0 fully saturated rings. The molecule has 0 atom stereocenters. The molecule has 0 aliphatic carbocycles. The normalized spacial score (nSPS) is 8.50. The van der Waals surface area contributed by atoms with Gasteiger partial charge in [0.05, 0.1) is 6.61 Å². The third-order valence-electron chi connectivity index (χ3n) is 1.07. The quantitative estimate of drug-likeness (QED) is 0.273. The van der Waals surface area contributed by atoms with Crippen molar-refractivity contribution in [3.05, 3.63) is 35.9 Å². The van der Waals surface area contributed by atoms with Crippen LogP contribution in [0.5, 0.6) is 0 Å². The van der Waals surface area contributed by atoms with Crippen molar-refractivity contribution in [2.45, 2.75) is 6.61 Å². The van der Waals surface area contributed by atoms with E-state index in [-0.39, 0.29) is 58.0 Å². The van der Waals surface area contributed by atoms with Crippen LogP contribution in [0.2, 0.25) is 0 Å². The van der Waals surface area contributed by atoms with Gasteiger partial charge in [0, 0.05) is 0 Å². The molecule has 0 N–H and O–H groups in total. The van der Waals surface area contributed by atoms with Crippen LogP contribution >= 0.6 is 0 Å². The van der Waals surface area contributed by atoms with Gasteiger partial charge in [-0.1, -0.05) is 30.3 Å². The zero-order valence-electron chi connectivity index (χ0n) is 5.91. The SMILES string of the molecule is [K+].[O-]OCc1ccccc1. The average molecular weight is 162 g/mol. The Kier molecular flexibility index (Phi) is 6.99. The van der Waals surface area contributed by atoms with Crippen molar-refractivity contribution in [2.24, 2.45) is 0 Å². The molecular weight excluding hydrogens is 155 g/mol. The van der Waals surface area contributed by atoms with Crippen LogP contribution in [0.3, 0.4) is 0 Å². The van der Waals surface area contributed by atoms with Gasteiger partial charge in [0.15, 0.2) is 0 Å². The van der Waals surface area contributed by atoms with Crippen molar-refractivity contribution >= 4 is 0 Å². The Hall–Kier alpha value is 0.776. The number of benzene rings is 1. The van der Waals surface area contributed by atoms with Gasteiger partial charge < -0.3 is 10.1 Å². The second-order valence-electron chi connectivity index (χ2n) is 1.75. The van der Waals surface area contributed by atoms with Crippen LogP contribution < -0.4 is 56.6 Å². The maximum absolute atomic E-state index is 9.60. The summed E-state index contributed by atoms with van der Waals surface area (Å²) in [5, 5.41) is 9.60. The van der Waals surface area contributed by atoms with E-state index in [0.29, 0.717) is 0 Å².